The van der Waals surface area contributed by atoms with Crippen molar-refractivity contribution in [2.24, 2.45) is 0 Å². The lowest BCUT2D eigenvalue weighted by atomic mass is 10.0. The van der Waals surface area contributed by atoms with Gasteiger partial charge in [0.15, 0.2) is 0 Å². The predicted octanol–water partition coefficient (Wildman–Crippen LogP) is 3.47. The quantitative estimate of drug-likeness (QED) is 0.727. The number of carbonyl (C=O) groups excluding carboxylic acids is 1. The van der Waals surface area contributed by atoms with Crippen molar-refractivity contribution in [2.45, 2.75) is 19.4 Å². The largest absolute Gasteiger partial charge is 0.492 e. The number of halogens is 1. The van der Waals surface area contributed by atoms with Crippen molar-refractivity contribution in [3.8, 4) is 5.75 Å². The average molecular weight is 332 g/mol. The highest BCUT2D eigenvalue weighted by Crippen LogP contribution is 2.25. The predicted molar refractivity (Wildman–Crippen MR) is 90.6 cm³/mol. The minimum Gasteiger partial charge on any atom is -0.492 e. The topological polar surface area (TPSA) is 70.6 Å². The number of aliphatic hydroxyl groups is 1. The molecule has 0 aliphatic carbocycles. The molecule has 0 fully saturated rings. The van der Waals surface area contributed by atoms with E-state index in [1.165, 1.54) is 18.2 Å². The Morgan fingerprint density at radius 3 is 2.67 bits per heavy atom. The molecule has 0 saturated heterocycles. The maximum Gasteiger partial charge on any atom is 0.319 e. The van der Waals surface area contributed by atoms with Crippen molar-refractivity contribution in [3.05, 3.63) is 59.9 Å². The summed E-state index contributed by atoms with van der Waals surface area (Å²) in [7, 11) is 0. The van der Waals surface area contributed by atoms with E-state index in [1.54, 1.807) is 6.92 Å². The van der Waals surface area contributed by atoms with Gasteiger partial charge in [-0.1, -0.05) is 30.3 Å². The molecular formula is C18H21FN2O3. The van der Waals surface area contributed by atoms with Crippen LogP contribution in [0.25, 0.3) is 0 Å². The molecule has 0 aliphatic heterocycles. The van der Waals surface area contributed by atoms with Gasteiger partial charge in [-0.25, -0.2) is 9.18 Å². The summed E-state index contributed by atoms with van der Waals surface area (Å²) in [6, 6.07) is 12.5. The summed E-state index contributed by atoms with van der Waals surface area (Å²) in [4.78, 5) is 12.3. The molecule has 6 heteroatoms. The lowest BCUT2D eigenvalue weighted by Gasteiger charge is -2.19. The van der Waals surface area contributed by atoms with Crippen LogP contribution in [0.1, 0.15) is 24.9 Å². The van der Waals surface area contributed by atoms with Crippen molar-refractivity contribution in [1.82, 2.24) is 5.32 Å². The van der Waals surface area contributed by atoms with Crippen LogP contribution >= 0.6 is 0 Å². The Hall–Kier alpha value is -2.60. The van der Waals surface area contributed by atoms with E-state index in [1.807, 2.05) is 30.3 Å². The summed E-state index contributed by atoms with van der Waals surface area (Å²) >= 11 is 0. The normalized spacial score (nSPS) is 11.6. The SMILES string of the molecule is CCOc1cc(F)ccc1NC(=O)N[C@H](CCO)c1ccccc1. The molecule has 0 saturated carbocycles. The van der Waals surface area contributed by atoms with E-state index in [-0.39, 0.29) is 18.4 Å². The third kappa shape index (κ3) is 4.96. The highest BCUT2D eigenvalue weighted by atomic mass is 19.1. The Kier molecular flexibility index (Phi) is 6.57. The number of aliphatic hydroxyl groups excluding tert-OH is 1. The summed E-state index contributed by atoms with van der Waals surface area (Å²) in [5.74, 6) is -0.169. The molecular weight excluding hydrogens is 311 g/mol. The van der Waals surface area contributed by atoms with Crippen LogP contribution in [-0.4, -0.2) is 24.4 Å². The fourth-order valence-electron chi connectivity index (χ4n) is 2.33. The Morgan fingerprint density at radius 2 is 2.00 bits per heavy atom. The first-order valence-electron chi connectivity index (χ1n) is 7.79. The lowest BCUT2D eigenvalue weighted by Crippen LogP contribution is -2.33. The first-order chi connectivity index (χ1) is 11.6. The number of hydrogen-bond donors (Lipinski definition) is 3. The van der Waals surface area contributed by atoms with E-state index in [0.717, 1.165) is 5.56 Å². The van der Waals surface area contributed by atoms with E-state index in [2.05, 4.69) is 10.6 Å². The maximum atomic E-state index is 13.3. The standard InChI is InChI=1S/C18H21FN2O3/c1-2-24-17-12-14(19)8-9-16(17)21-18(23)20-15(10-11-22)13-6-4-3-5-7-13/h3-9,12,15,22H,2,10-11H2,1H3,(H2,20,21,23)/t15-/m1/s1. The third-order valence-electron chi connectivity index (χ3n) is 3.42. The fraction of sp³-hybridized carbons (Fsp3) is 0.278. The van der Waals surface area contributed by atoms with Gasteiger partial charge in [0, 0.05) is 12.7 Å². The van der Waals surface area contributed by atoms with Crippen LogP contribution in [0.4, 0.5) is 14.9 Å². The van der Waals surface area contributed by atoms with Gasteiger partial charge in [0.05, 0.1) is 18.3 Å². The molecule has 2 aromatic carbocycles. The van der Waals surface area contributed by atoms with E-state index in [9.17, 15) is 14.3 Å². The maximum absolute atomic E-state index is 13.3. The zero-order valence-electron chi connectivity index (χ0n) is 13.5. The van der Waals surface area contributed by atoms with Crippen LogP contribution in [-0.2, 0) is 0 Å². The Morgan fingerprint density at radius 1 is 1.25 bits per heavy atom. The molecule has 0 spiro atoms. The Balaban J connectivity index is 2.08. The highest BCUT2D eigenvalue weighted by Gasteiger charge is 2.15. The summed E-state index contributed by atoms with van der Waals surface area (Å²) in [5.41, 5.74) is 1.28. The first kappa shape index (κ1) is 17.7. The average Bonchev–Trinajstić information content (AvgIpc) is 2.58. The van der Waals surface area contributed by atoms with Gasteiger partial charge in [-0.2, -0.15) is 0 Å². The van der Waals surface area contributed by atoms with Crippen molar-refractivity contribution in [3.63, 3.8) is 0 Å². The molecule has 1 atom stereocenters. The zero-order chi connectivity index (χ0) is 17.4. The second-order valence-corrected chi connectivity index (χ2v) is 5.15. The second-order valence-electron chi connectivity index (χ2n) is 5.15. The van der Waals surface area contributed by atoms with Crippen LogP contribution in [0.2, 0.25) is 0 Å². The third-order valence-corrected chi connectivity index (χ3v) is 3.42. The Bertz CT molecular complexity index is 665. The van der Waals surface area contributed by atoms with Crippen molar-refractivity contribution >= 4 is 11.7 Å². The molecule has 0 bridgehead atoms. The number of benzene rings is 2. The van der Waals surface area contributed by atoms with Crippen LogP contribution in [0.15, 0.2) is 48.5 Å². The van der Waals surface area contributed by atoms with Gasteiger partial charge >= 0.3 is 6.03 Å². The fourth-order valence-corrected chi connectivity index (χ4v) is 2.33. The molecule has 2 rings (SSSR count). The molecule has 3 N–H and O–H groups in total. The minimum atomic E-state index is -0.454. The molecule has 128 valence electrons. The van der Waals surface area contributed by atoms with Gasteiger partial charge in [0.25, 0.3) is 0 Å². The molecule has 2 aromatic rings. The number of ether oxygens (including phenoxy) is 1. The number of anilines is 1. The zero-order valence-corrected chi connectivity index (χ0v) is 13.5. The molecule has 0 heterocycles. The number of rotatable bonds is 7. The molecule has 0 radical (unpaired) electrons. The lowest BCUT2D eigenvalue weighted by molar-refractivity contribution is 0.239. The summed E-state index contributed by atoms with van der Waals surface area (Å²) in [6.45, 7) is 2.08. The first-order valence-corrected chi connectivity index (χ1v) is 7.79. The van der Waals surface area contributed by atoms with E-state index in [4.69, 9.17) is 4.74 Å². The second kappa shape index (κ2) is 8.88. The van der Waals surface area contributed by atoms with Crippen LogP contribution < -0.4 is 15.4 Å². The van der Waals surface area contributed by atoms with Gasteiger partial charge in [-0.3, -0.25) is 0 Å². The summed E-state index contributed by atoms with van der Waals surface area (Å²) in [5, 5.41) is 14.7. The van der Waals surface area contributed by atoms with Gasteiger partial charge in [0.1, 0.15) is 11.6 Å². The van der Waals surface area contributed by atoms with Crippen LogP contribution in [0.5, 0.6) is 5.75 Å². The van der Waals surface area contributed by atoms with Crippen molar-refractivity contribution in [2.75, 3.05) is 18.5 Å². The van der Waals surface area contributed by atoms with Gasteiger partial charge in [-0.15, -0.1) is 0 Å². The van der Waals surface area contributed by atoms with Crippen molar-refractivity contribution < 1.29 is 19.0 Å². The number of carbonyl (C=O) groups is 1. The van der Waals surface area contributed by atoms with Gasteiger partial charge in [0.2, 0.25) is 0 Å². The van der Waals surface area contributed by atoms with E-state index >= 15 is 0 Å². The summed E-state index contributed by atoms with van der Waals surface area (Å²) < 4.78 is 18.6. The molecule has 5 nitrogen and oxygen atoms in total. The Labute approximate surface area is 140 Å². The van der Waals surface area contributed by atoms with E-state index in [0.29, 0.717) is 18.7 Å². The molecule has 0 aliphatic rings. The van der Waals surface area contributed by atoms with Crippen molar-refractivity contribution in [1.29, 1.82) is 0 Å². The molecule has 0 aromatic heterocycles. The minimum absolute atomic E-state index is 0.0550. The number of amides is 2. The van der Waals surface area contributed by atoms with E-state index < -0.39 is 11.8 Å². The van der Waals surface area contributed by atoms with Gasteiger partial charge in [-0.05, 0) is 31.0 Å². The smallest absolute Gasteiger partial charge is 0.319 e. The molecule has 2 amide bonds. The highest BCUT2D eigenvalue weighted by molar-refractivity contribution is 5.91. The number of urea groups is 1. The summed E-state index contributed by atoms with van der Waals surface area (Å²) in [6.07, 6.45) is 0.388. The molecule has 0 unspecified atom stereocenters. The van der Waals surface area contributed by atoms with Gasteiger partial charge < -0.3 is 20.5 Å². The number of nitrogens with one attached hydrogen (secondary N) is 2. The number of hydrogen-bond acceptors (Lipinski definition) is 3. The van der Waals surface area contributed by atoms with Crippen LogP contribution in [0.3, 0.4) is 0 Å². The molecule has 24 heavy (non-hydrogen) atoms. The monoisotopic (exact) mass is 332 g/mol. The van der Waals surface area contributed by atoms with Crippen LogP contribution in [0, 0.1) is 5.82 Å².